The summed E-state index contributed by atoms with van der Waals surface area (Å²) in [7, 11) is 0. The number of rotatable bonds is 1. The van der Waals surface area contributed by atoms with E-state index in [9.17, 15) is 4.39 Å². The third-order valence-corrected chi connectivity index (χ3v) is 4.37. The average molecular weight is 261 g/mol. The average Bonchev–Trinajstić information content (AvgIpc) is 2.68. The van der Waals surface area contributed by atoms with Crippen molar-refractivity contribution in [2.45, 2.75) is 45.6 Å². The number of nitrogens with two attached hydrogens (primary N) is 1. The standard InChI is InChI=1S/C15H20FN3/c1-15(2)8-6-10(7-9-15)19-12-5-3-4-11(16)13(12)18-14(19)17/h3-5,10H,6-9H2,1-2H3,(H2,17,18). The van der Waals surface area contributed by atoms with Gasteiger partial charge in [0.1, 0.15) is 5.52 Å². The zero-order chi connectivity index (χ0) is 13.6. The van der Waals surface area contributed by atoms with E-state index in [1.165, 1.54) is 18.9 Å². The van der Waals surface area contributed by atoms with Gasteiger partial charge < -0.3 is 10.3 Å². The van der Waals surface area contributed by atoms with Crippen molar-refractivity contribution in [1.82, 2.24) is 9.55 Å². The van der Waals surface area contributed by atoms with Crippen LogP contribution >= 0.6 is 0 Å². The minimum absolute atomic E-state index is 0.293. The van der Waals surface area contributed by atoms with Crippen LogP contribution < -0.4 is 5.73 Å². The Morgan fingerprint density at radius 2 is 2.00 bits per heavy atom. The molecule has 1 saturated carbocycles. The Labute approximate surface area is 112 Å². The largest absolute Gasteiger partial charge is 0.369 e. The normalized spacial score (nSPS) is 19.9. The van der Waals surface area contributed by atoms with E-state index in [-0.39, 0.29) is 5.82 Å². The molecule has 0 aliphatic heterocycles. The molecule has 3 nitrogen and oxygen atoms in total. The third kappa shape index (κ3) is 2.09. The predicted molar refractivity (Wildman–Crippen MR) is 75.4 cm³/mol. The lowest BCUT2D eigenvalue weighted by molar-refractivity contribution is 0.197. The number of imidazole rings is 1. The topological polar surface area (TPSA) is 43.8 Å². The maximum atomic E-state index is 13.7. The van der Waals surface area contributed by atoms with E-state index < -0.39 is 0 Å². The van der Waals surface area contributed by atoms with Crippen molar-refractivity contribution >= 4 is 17.0 Å². The molecule has 102 valence electrons. The first-order chi connectivity index (χ1) is 8.98. The van der Waals surface area contributed by atoms with Crippen molar-refractivity contribution in [1.29, 1.82) is 0 Å². The Balaban J connectivity index is 2.02. The van der Waals surface area contributed by atoms with Crippen LogP contribution in [0.1, 0.15) is 45.6 Å². The zero-order valence-corrected chi connectivity index (χ0v) is 11.5. The number of anilines is 1. The van der Waals surface area contributed by atoms with Crippen LogP contribution in [0.5, 0.6) is 0 Å². The fraction of sp³-hybridized carbons (Fsp3) is 0.533. The second-order valence-corrected chi connectivity index (χ2v) is 6.34. The number of aromatic nitrogens is 2. The quantitative estimate of drug-likeness (QED) is 0.846. The van der Waals surface area contributed by atoms with Gasteiger partial charge in [0, 0.05) is 6.04 Å². The fourth-order valence-electron chi connectivity index (χ4n) is 3.13. The van der Waals surface area contributed by atoms with E-state index in [2.05, 4.69) is 18.8 Å². The Hall–Kier alpha value is -1.58. The molecule has 0 spiro atoms. The van der Waals surface area contributed by atoms with Gasteiger partial charge in [-0.15, -0.1) is 0 Å². The van der Waals surface area contributed by atoms with Crippen LogP contribution in [-0.4, -0.2) is 9.55 Å². The zero-order valence-electron chi connectivity index (χ0n) is 11.5. The number of hydrogen-bond donors (Lipinski definition) is 1. The summed E-state index contributed by atoms with van der Waals surface area (Å²) < 4.78 is 15.8. The number of benzene rings is 1. The number of nitrogens with zero attached hydrogens (tertiary/aromatic N) is 2. The molecular weight excluding hydrogens is 241 g/mol. The molecular formula is C15H20FN3. The first-order valence-electron chi connectivity index (χ1n) is 6.90. The van der Waals surface area contributed by atoms with E-state index in [1.54, 1.807) is 6.07 Å². The van der Waals surface area contributed by atoms with E-state index >= 15 is 0 Å². The molecule has 0 radical (unpaired) electrons. The summed E-state index contributed by atoms with van der Waals surface area (Å²) in [5.74, 6) is 0.142. The van der Waals surface area contributed by atoms with Crippen LogP contribution in [0.25, 0.3) is 11.0 Å². The number of halogens is 1. The van der Waals surface area contributed by atoms with Gasteiger partial charge >= 0.3 is 0 Å². The molecule has 1 aliphatic rings. The van der Waals surface area contributed by atoms with Gasteiger partial charge in [0.25, 0.3) is 0 Å². The summed E-state index contributed by atoms with van der Waals surface area (Å²) in [4.78, 5) is 4.19. The summed E-state index contributed by atoms with van der Waals surface area (Å²) in [5, 5.41) is 0. The molecule has 19 heavy (non-hydrogen) atoms. The van der Waals surface area contributed by atoms with Gasteiger partial charge in [0.15, 0.2) is 5.82 Å². The van der Waals surface area contributed by atoms with Gasteiger partial charge in [-0.25, -0.2) is 9.37 Å². The Kier molecular flexibility index (Phi) is 2.77. The van der Waals surface area contributed by atoms with Crippen LogP contribution in [0.4, 0.5) is 10.3 Å². The molecule has 4 heteroatoms. The van der Waals surface area contributed by atoms with Gasteiger partial charge in [-0.05, 0) is 43.2 Å². The fourth-order valence-corrected chi connectivity index (χ4v) is 3.13. The highest BCUT2D eigenvalue weighted by Gasteiger charge is 2.29. The minimum Gasteiger partial charge on any atom is -0.369 e. The van der Waals surface area contributed by atoms with Gasteiger partial charge in [0.05, 0.1) is 5.52 Å². The molecule has 1 fully saturated rings. The Bertz CT molecular complexity index is 605. The molecule has 0 bridgehead atoms. The molecule has 1 heterocycles. The SMILES string of the molecule is CC1(C)CCC(n2c(N)nc3c(F)cccc32)CC1. The maximum absolute atomic E-state index is 13.7. The summed E-state index contributed by atoms with van der Waals surface area (Å²) >= 11 is 0. The highest BCUT2D eigenvalue weighted by atomic mass is 19.1. The second-order valence-electron chi connectivity index (χ2n) is 6.34. The van der Waals surface area contributed by atoms with Crippen molar-refractivity contribution in [3.05, 3.63) is 24.0 Å². The van der Waals surface area contributed by atoms with E-state index in [1.807, 2.05) is 10.6 Å². The van der Waals surface area contributed by atoms with Gasteiger partial charge in [0.2, 0.25) is 5.95 Å². The van der Waals surface area contributed by atoms with Crippen molar-refractivity contribution in [2.24, 2.45) is 5.41 Å². The lowest BCUT2D eigenvalue weighted by atomic mass is 9.75. The Morgan fingerprint density at radius 1 is 1.32 bits per heavy atom. The molecule has 0 unspecified atom stereocenters. The summed E-state index contributed by atoms with van der Waals surface area (Å²) in [6.45, 7) is 4.61. The van der Waals surface area contributed by atoms with Crippen LogP contribution in [0.3, 0.4) is 0 Å². The number of fused-ring (bicyclic) bond motifs is 1. The van der Waals surface area contributed by atoms with E-state index in [0.717, 1.165) is 18.4 Å². The molecule has 1 aromatic heterocycles. The van der Waals surface area contributed by atoms with Gasteiger partial charge in [-0.1, -0.05) is 19.9 Å². The number of hydrogen-bond acceptors (Lipinski definition) is 2. The number of para-hydroxylation sites is 1. The molecule has 1 aromatic carbocycles. The van der Waals surface area contributed by atoms with Gasteiger partial charge in [-0.3, -0.25) is 0 Å². The molecule has 2 N–H and O–H groups in total. The van der Waals surface area contributed by atoms with Crippen LogP contribution in [0.15, 0.2) is 18.2 Å². The molecule has 0 atom stereocenters. The molecule has 1 aliphatic carbocycles. The van der Waals surface area contributed by atoms with Crippen molar-refractivity contribution < 1.29 is 4.39 Å². The minimum atomic E-state index is -0.293. The monoisotopic (exact) mass is 261 g/mol. The van der Waals surface area contributed by atoms with Crippen LogP contribution in [-0.2, 0) is 0 Å². The lowest BCUT2D eigenvalue weighted by Gasteiger charge is -2.35. The predicted octanol–water partition coefficient (Wildman–Crippen LogP) is 3.90. The third-order valence-electron chi connectivity index (χ3n) is 4.37. The summed E-state index contributed by atoms with van der Waals surface area (Å²) in [5.41, 5.74) is 7.63. The van der Waals surface area contributed by atoms with E-state index in [0.29, 0.717) is 22.9 Å². The van der Waals surface area contributed by atoms with Crippen LogP contribution in [0.2, 0.25) is 0 Å². The van der Waals surface area contributed by atoms with E-state index in [4.69, 9.17) is 5.73 Å². The molecule has 0 amide bonds. The number of nitrogen functional groups attached to an aromatic ring is 1. The molecule has 3 rings (SSSR count). The molecule has 2 aromatic rings. The summed E-state index contributed by atoms with van der Waals surface area (Å²) in [6, 6.07) is 5.41. The maximum Gasteiger partial charge on any atom is 0.201 e. The lowest BCUT2D eigenvalue weighted by Crippen LogP contribution is -2.24. The van der Waals surface area contributed by atoms with Crippen LogP contribution in [0, 0.1) is 11.2 Å². The first-order valence-corrected chi connectivity index (χ1v) is 6.90. The second kappa shape index (κ2) is 4.22. The highest BCUT2D eigenvalue weighted by Crippen LogP contribution is 2.42. The highest BCUT2D eigenvalue weighted by molar-refractivity contribution is 5.79. The summed E-state index contributed by atoms with van der Waals surface area (Å²) in [6.07, 6.45) is 4.51. The smallest absolute Gasteiger partial charge is 0.201 e. The Morgan fingerprint density at radius 3 is 2.68 bits per heavy atom. The van der Waals surface area contributed by atoms with Gasteiger partial charge in [-0.2, -0.15) is 0 Å². The van der Waals surface area contributed by atoms with Crippen molar-refractivity contribution in [3.8, 4) is 0 Å². The molecule has 0 saturated heterocycles. The van der Waals surface area contributed by atoms with Crippen molar-refractivity contribution in [2.75, 3.05) is 5.73 Å². The van der Waals surface area contributed by atoms with Crippen molar-refractivity contribution in [3.63, 3.8) is 0 Å². The first kappa shape index (κ1) is 12.5.